The minimum absolute atomic E-state index is 0.0687. The van der Waals surface area contributed by atoms with Crippen LogP contribution >= 0.6 is 0 Å². The SMILES string of the molecule is Cc1cncc([C@H]2CCCN(C(=O)/C=C/c3ccccc3)C2)n1. The summed E-state index contributed by atoms with van der Waals surface area (Å²) in [4.78, 5) is 23.1. The second-order valence-corrected chi connectivity index (χ2v) is 5.95. The maximum Gasteiger partial charge on any atom is 0.246 e. The Morgan fingerprint density at radius 1 is 1.26 bits per heavy atom. The molecule has 4 nitrogen and oxygen atoms in total. The third kappa shape index (κ3) is 4.03. The molecule has 1 amide bonds. The normalized spacial score (nSPS) is 18.3. The lowest BCUT2D eigenvalue weighted by molar-refractivity contribution is -0.127. The largest absolute Gasteiger partial charge is 0.338 e. The molecule has 23 heavy (non-hydrogen) atoms. The number of hydrogen-bond donors (Lipinski definition) is 0. The zero-order valence-corrected chi connectivity index (χ0v) is 13.4. The van der Waals surface area contributed by atoms with Crippen molar-refractivity contribution in [3.05, 3.63) is 65.8 Å². The molecule has 1 aliphatic rings. The highest BCUT2D eigenvalue weighted by atomic mass is 16.2. The maximum atomic E-state index is 12.4. The number of carbonyl (C=O) groups is 1. The lowest BCUT2D eigenvalue weighted by Gasteiger charge is -2.31. The fourth-order valence-corrected chi connectivity index (χ4v) is 2.94. The van der Waals surface area contributed by atoms with Crippen LogP contribution in [0, 0.1) is 6.92 Å². The molecule has 1 aliphatic heterocycles. The molecule has 0 unspecified atom stereocenters. The van der Waals surface area contributed by atoms with Crippen LogP contribution in [0.2, 0.25) is 0 Å². The molecule has 118 valence electrons. The summed E-state index contributed by atoms with van der Waals surface area (Å²) in [6, 6.07) is 9.89. The number of hydrogen-bond acceptors (Lipinski definition) is 3. The Morgan fingerprint density at radius 2 is 2.09 bits per heavy atom. The van der Waals surface area contributed by atoms with Gasteiger partial charge < -0.3 is 4.90 Å². The van der Waals surface area contributed by atoms with Crippen LogP contribution in [0.4, 0.5) is 0 Å². The van der Waals surface area contributed by atoms with Crippen LogP contribution in [0.15, 0.2) is 48.8 Å². The smallest absolute Gasteiger partial charge is 0.246 e. The van der Waals surface area contributed by atoms with Gasteiger partial charge in [-0.1, -0.05) is 30.3 Å². The van der Waals surface area contributed by atoms with E-state index in [1.54, 1.807) is 12.3 Å². The van der Waals surface area contributed by atoms with Gasteiger partial charge in [-0.25, -0.2) is 0 Å². The first-order valence-electron chi connectivity index (χ1n) is 8.03. The lowest BCUT2D eigenvalue weighted by Crippen LogP contribution is -2.38. The van der Waals surface area contributed by atoms with Gasteiger partial charge in [0.2, 0.25) is 5.91 Å². The zero-order chi connectivity index (χ0) is 16.1. The average molecular weight is 307 g/mol. The van der Waals surface area contributed by atoms with E-state index in [9.17, 15) is 4.79 Å². The number of benzene rings is 1. The monoisotopic (exact) mass is 307 g/mol. The predicted molar refractivity (Wildman–Crippen MR) is 90.8 cm³/mol. The summed E-state index contributed by atoms with van der Waals surface area (Å²) in [5, 5.41) is 0. The van der Waals surface area contributed by atoms with E-state index < -0.39 is 0 Å². The molecule has 1 atom stereocenters. The molecule has 4 heteroatoms. The van der Waals surface area contributed by atoms with E-state index in [1.807, 2.05) is 54.4 Å². The van der Waals surface area contributed by atoms with Crippen LogP contribution in [0.5, 0.6) is 0 Å². The van der Waals surface area contributed by atoms with E-state index in [2.05, 4.69) is 9.97 Å². The van der Waals surface area contributed by atoms with Crippen LogP contribution < -0.4 is 0 Å². The van der Waals surface area contributed by atoms with E-state index >= 15 is 0 Å². The first-order valence-corrected chi connectivity index (χ1v) is 8.03. The molecular formula is C19H21N3O. The fourth-order valence-electron chi connectivity index (χ4n) is 2.94. The van der Waals surface area contributed by atoms with Gasteiger partial charge in [0.15, 0.2) is 0 Å². The quantitative estimate of drug-likeness (QED) is 0.818. The Balaban J connectivity index is 1.66. The van der Waals surface area contributed by atoms with Gasteiger partial charge in [-0.2, -0.15) is 0 Å². The van der Waals surface area contributed by atoms with Crippen LogP contribution in [0.25, 0.3) is 6.08 Å². The molecule has 3 rings (SSSR count). The molecule has 0 radical (unpaired) electrons. The van der Waals surface area contributed by atoms with Gasteiger partial charge in [0.05, 0.1) is 11.4 Å². The highest BCUT2D eigenvalue weighted by Crippen LogP contribution is 2.25. The standard InChI is InChI=1S/C19H21N3O/c1-15-12-20-13-18(21-15)17-8-5-11-22(14-17)19(23)10-9-16-6-3-2-4-7-16/h2-4,6-7,9-10,12-13,17H,5,8,11,14H2,1H3/b10-9+/t17-/m0/s1. The summed E-state index contributed by atoms with van der Waals surface area (Å²) in [7, 11) is 0. The van der Waals surface area contributed by atoms with Crippen molar-refractivity contribution in [2.45, 2.75) is 25.7 Å². The zero-order valence-electron chi connectivity index (χ0n) is 13.4. The number of carbonyl (C=O) groups excluding carboxylic acids is 1. The molecule has 0 aliphatic carbocycles. The molecule has 0 N–H and O–H groups in total. The third-order valence-corrected chi connectivity index (χ3v) is 4.14. The summed E-state index contributed by atoms with van der Waals surface area (Å²) in [6.07, 6.45) is 9.19. The number of amides is 1. The highest BCUT2D eigenvalue weighted by Gasteiger charge is 2.24. The Labute approximate surface area is 136 Å². The first-order chi connectivity index (χ1) is 11.2. The van der Waals surface area contributed by atoms with Crippen molar-refractivity contribution in [2.75, 3.05) is 13.1 Å². The molecular weight excluding hydrogens is 286 g/mol. The summed E-state index contributed by atoms with van der Waals surface area (Å²) < 4.78 is 0. The Hall–Kier alpha value is -2.49. The second-order valence-electron chi connectivity index (χ2n) is 5.95. The van der Waals surface area contributed by atoms with Crippen molar-refractivity contribution in [2.24, 2.45) is 0 Å². The van der Waals surface area contributed by atoms with Crippen LogP contribution in [-0.4, -0.2) is 33.9 Å². The van der Waals surface area contributed by atoms with Gasteiger partial charge in [0.1, 0.15) is 0 Å². The van der Waals surface area contributed by atoms with Crippen molar-refractivity contribution in [3.8, 4) is 0 Å². The van der Waals surface area contributed by atoms with E-state index in [1.165, 1.54) is 0 Å². The second kappa shape index (κ2) is 7.18. The van der Waals surface area contributed by atoms with Crippen LogP contribution in [0.1, 0.15) is 35.7 Å². The van der Waals surface area contributed by atoms with E-state index in [0.717, 1.165) is 42.9 Å². The van der Waals surface area contributed by atoms with Gasteiger partial charge in [0.25, 0.3) is 0 Å². The fraction of sp³-hybridized carbons (Fsp3) is 0.316. The number of aromatic nitrogens is 2. The van der Waals surface area contributed by atoms with Crippen molar-refractivity contribution < 1.29 is 4.79 Å². The Kier molecular flexibility index (Phi) is 4.81. The number of nitrogens with zero attached hydrogens (tertiary/aromatic N) is 3. The average Bonchev–Trinajstić information content (AvgIpc) is 2.61. The topological polar surface area (TPSA) is 46.1 Å². The molecule has 1 aromatic heterocycles. The minimum Gasteiger partial charge on any atom is -0.338 e. The van der Waals surface area contributed by atoms with Crippen molar-refractivity contribution in [3.63, 3.8) is 0 Å². The van der Waals surface area contributed by atoms with Gasteiger partial charge in [-0.15, -0.1) is 0 Å². The molecule has 2 heterocycles. The minimum atomic E-state index is 0.0687. The molecule has 1 aromatic carbocycles. The summed E-state index contributed by atoms with van der Waals surface area (Å²) in [5.74, 6) is 0.351. The summed E-state index contributed by atoms with van der Waals surface area (Å²) in [6.45, 7) is 3.48. The van der Waals surface area contributed by atoms with E-state index in [-0.39, 0.29) is 11.8 Å². The predicted octanol–water partition coefficient (Wildman–Crippen LogP) is 3.20. The van der Waals surface area contributed by atoms with Crippen molar-refractivity contribution in [1.82, 2.24) is 14.9 Å². The molecule has 1 saturated heterocycles. The number of piperidine rings is 1. The molecule has 0 bridgehead atoms. The van der Waals surface area contributed by atoms with Crippen LogP contribution in [-0.2, 0) is 4.79 Å². The highest BCUT2D eigenvalue weighted by molar-refractivity contribution is 5.91. The van der Waals surface area contributed by atoms with Crippen molar-refractivity contribution >= 4 is 12.0 Å². The molecule has 2 aromatic rings. The first kappa shape index (κ1) is 15.4. The van der Waals surface area contributed by atoms with E-state index in [0.29, 0.717) is 0 Å². The van der Waals surface area contributed by atoms with Gasteiger partial charge in [-0.3, -0.25) is 14.8 Å². The Bertz CT molecular complexity index is 697. The summed E-state index contributed by atoms with van der Waals surface area (Å²) in [5.41, 5.74) is 2.96. The van der Waals surface area contributed by atoms with Crippen LogP contribution in [0.3, 0.4) is 0 Å². The van der Waals surface area contributed by atoms with Crippen molar-refractivity contribution in [1.29, 1.82) is 0 Å². The van der Waals surface area contributed by atoms with E-state index in [4.69, 9.17) is 0 Å². The van der Waals surface area contributed by atoms with Gasteiger partial charge in [-0.05, 0) is 31.4 Å². The third-order valence-electron chi connectivity index (χ3n) is 4.14. The van der Waals surface area contributed by atoms with Gasteiger partial charge in [0, 0.05) is 37.5 Å². The lowest BCUT2D eigenvalue weighted by atomic mass is 9.95. The van der Waals surface area contributed by atoms with Gasteiger partial charge >= 0.3 is 0 Å². The number of rotatable bonds is 3. The molecule has 1 fully saturated rings. The molecule has 0 saturated carbocycles. The number of likely N-dealkylation sites (tertiary alicyclic amines) is 1. The maximum absolute atomic E-state index is 12.4. The molecule has 0 spiro atoms. The summed E-state index contributed by atoms with van der Waals surface area (Å²) >= 11 is 0. The Morgan fingerprint density at radius 3 is 2.87 bits per heavy atom. The number of aryl methyl sites for hydroxylation is 1.